The number of hydrogen-bond donors (Lipinski definition) is 1. The van der Waals surface area contributed by atoms with Gasteiger partial charge in [0.1, 0.15) is 5.75 Å². The first-order valence-corrected chi connectivity index (χ1v) is 6.73. The van der Waals surface area contributed by atoms with Crippen molar-refractivity contribution in [3.05, 3.63) is 28.2 Å². The average Bonchev–Trinajstić information content (AvgIpc) is 2.84. The van der Waals surface area contributed by atoms with E-state index in [-0.39, 0.29) is 0 Å². The lowest BCUT2D eigenvalue weighted by molar-refractivity contribution is 0.110. The second kappa shape index (κ2) is 6.38. The molecule has 0 aliphatic carbocycles. The highest BCUT2D eigenvalue weighted by Gasteiger charge is 2.14. The van der Waals surface area contributed by atoms with Crippen molar-refractivity contribution in [2.45, 2.75) is 25.5 Å². The molecule has 1 aliphatic rings. The first-order valence-electron chi connectivity index (χ1n) is 5.94. The summed E-state index contributed by atoms with van der Waals surface area (Å²) in [5.74, 6) is 0.916. The van der Waals surface area contributed by atoms with Crippen molar-refractivity contribution in [1.82, 2.24) is 5.32 Å². The van der Waals surface area contributed by atoms with E-state index >= 15 is 0 Å². The molecule has 94 valence electrons. The van der Waals surface area contributed by atoms with E-state index in [1.807, 2.05) is 12.1 Å². The molecule has 1 aromatic rings. The molecular formula is C13H18BrNO2. The van der Waals surface area contributed by atoms with Crippen molar-refractivity contribution < 1.29 is 9.47 Å². The smallest absolute Gasteiger partial charge is 0.124 e. The van der Waals surface area contributed by atoms with Crippen molar-refractivity contribution in [1.29, 1.82) is 0 Å². The van der Waals surface area contributed by atoms with Gasteiger partial charge in [-0.15, -0.1) is 0 Å². The first kappa shape index (κ1) is 12.9. The van der Waals surface area contributed by atoms with Crippen LogP contribution in [0.3, 0.4) is 0 Å². The molecule has 3 nitrogen and oxygen atoms in total. The van der Waals surface area contributed by atoms with Crippen LogP contribution in [0.15, 0.2) is 22.7 Å². The van der Waals surface area contributed by atoms with E-state index in [2.05, 4.69) is 27.3 Å². The number of rotatable bonds is 5. The van der Waals surface area contributed by atoms with Gasteiger partial charge in [0.2, 0.25) is 0 Å². The molecule has 1 aromatic carbocycles. The van der Waals surface area contributed by atoms with Crippen LogP contribution in [-0.2, 0) is 11.3 Å². The highest BCUT2D eigenvalue weighted by molar-refractivity contribution is 9.10. The second-order valence-electron chi connectivity index (χ2n) is 4.22. The van der Waals surface area contributed by atoms with Gasteiger partial charge in [0.05, 0.1) is 13.2 Å². The summed E-state index contributed by atoms with van der Waals surface area (Å²) in [6.07, 6.45) is 2.75. The highest BCUT2D eigenvalue weighted by Crippen LogP contribution is 2.23. The average molecular weight is 300 g/mol. The van der Waals surface area contributed by atoms with Crippen LogP contribution in [-0.4, -0.2) is 26.4 Å². The van der Waals surface area contributed by atoms with Gasteiger partial charge in [-0.3, -0.25) is 0 Å². The van der Waals surface area contributed by atoms with Crippen LogP contribution < -0.4 is 10.1 Å². The Morgan fingerprint density at radius 1 is 1.53 bits per heavy atom. The van der Waals surface area contributed by atoms with Gasteiger partial charge >= 0.3 is 0 Å². The molecule has 17 heavy (non-hydrogen) atoms. The first-order chi connectivity index (χ1) is 8.29. The van der Waals surface area contributed by atoms with Gasteiger partial charge in [0, 0.05) is 29.7 Å². The van der Waals surface area contributed by atoms with Crippen LogP contribution in [0.25, 0.3) is 0 Å². The zero-order valence-electron chi connectivity index (χ0n) is 10.0. The molecule has 0 amide bonds. The second-order valence-corrected chi connectivity index (χ2v) is 5.14. The molecule has 1 N–H and O–H groups in total. The van der Waals surface area contributed by atoms with Gasteiger partial charge in [-0.05, 0) is 25.0 Å². The van der Waals surface area contributed by atoms with Crippen LogP contribution in [0, 0.1) is 0 Å². The van der Waals surface area contributed by atoms with Crippen molar-refractivity contribution in [2.75, 3.05) is 20.3 Å². The maximum absolute atomic E-state index is 5.57. The predicted octanol–water partition coefficient (Wildman–Crippen LogP) is 2.73. The zero-order valence-corrected chi connectivity index (χ0v) is 11.6. The molecular weight excluding hydrogens is 282 g/mol. The minimum atomic E-state index is 0.386. The van der Waals surface area contributed by atoms with Crippen molar-refractivity contribution in [2.24, 2.45) is 0 Å². The molecule has 1 heterocycles. The Labute approximate surface area is 111 Å². The van der Waals surface area contributed by atoms with Crippen LogP contribution in [0.1, 0.15) is 18.4 Å². The van der Waals surface area contributed by atoms with E-state index in [1.54, 1.807) is 7.11 Å². The molecule has 0 spiro atoms. The summed E-state index contributed by atoms with van der Waals surface area (Å²) < 4.78 is 12.0. The summed E-state index contributed by atoms with van der Waals surface area (Å²) in [6.45, 7) is 2.64. The van der Waals surface area contributed by atoms with Crippen molar-refractivity contribution in [3.8, 4) is 5.75 Å². The Morgan fingerprint density at radius 3 is 3.12 bits per heavy atom. The zero-order chi connectivity index (χ0) is 12.1. The van der Waals surface area contributed by atoms with E-state index in [1.165, 1.54) is 18.4 Å². The molecule has 1 aliphatic heterocycles. The van der Waals surface area contributed by atoms with Crippen LogP contribution in [0.5, 0.6) is 5.75 Å². The molecule has 0 radical (unpaired) electrons. The maximum Gasteiger partial charge on any atom is 0.124 e. The van der Waals surface area contributed by atoms with Crippen molar-refractivity contribution in [3.63, 3.8) is 0 Å². The summed E-state index contributed by atoms with van der Waals surface area (Å²) >= 11 is 3.44. The Hall–Kier alpha value is -0.580. The topological polar surface area (TPSA) is 30.5 Å². The molecule has 1 unspecified atom stereocenters. The standard InChI is InChI=1S/C13H18BrNO2/c1-16-13-7-11(14)5-4-10(13)8-15-9-12-3-2-6-17-12/h4-5,7,12,15H,2-3,6,8-9H2,1H3. The SMILES string of the molecule is COc1cc(Br)ccc1CNCC1CCCO1. The van der Waals surface area contributed by atoms with E-state index in [4.69, 9.17) is 9.47 Å². The molecule has 0 aromatic heterocycles. The minimum Gasteiger partial charge on any atom is -0.496 e. The lowest BCUT2D eigenvalue weighted by Gasteiger charge is -2.13. The molecule has 1 fully saturated rings. The normalized spacial score (nSPS) is 19.5. The maximum atomic E-state index is 5.57. The Kier molecular flexibility index (Phi) is 4.83. The molecule has 4 heteroatoms. The Bertz CT molecular complexity index is 364. The van der Waals surface area contributed by atoms with Crippen molar-refractivity contribution >= 4 is 15.9 Å². The Morgan fingerprint density at radius 2 is 2.41 bits per heavy atom. The molecule has 0 saturated carbocycles. The third kappa shape index (κ3) is 3.69. The number of nitrogens with one attached hydrogen (secondary N) is 1. The highest BCUT2D eigenvalue weighted by atomic mass is 79.9. The lowest BCUT2D eigenvalue weighted by atomic mass is 10.2. The number of benzene rings is 1. The molecule has 0 bridgehead atoms. The van der Waals surface area contributed by atoms with E-state index in [9.17, 15) is 0 Å². The van der Waals surface area contributed by atoms with E-state index < -0.39 is 0 Å². The van der Waals surface area contributed by atoms with Gasteiger partial charge in [0.15, 0.2) is 0 Å². The third-order valence-electron chi connectivity index (χ3n) is 2.96. The molecule has 2 rings (SSSR count). The fourth-order valence-corrected chi connectivity index (χ4v) is 2.38. The number of halogens is 1. The van der Waals surface area contributed by atoms with Gasteiger partial charge < -0.3 is 14.8 Å². The van der Waals surface area contributed by atoms with E-state index in [0.29, 0.717) is 6.10 Å². The fraction of sp³-hybridized carbons (Fsp3) is 0.538. The van der Waals surface area contributed by atoms with E-state index in [0.717, 1.165) is 29.9 Å². The van der Waals surface area contributed by atoms with Crippen LogP contribution >= 0.6 is 15.9 Å². The van der Waals surface area contributed by atoms with Gasteiger partial charge in [-0.1, -0.05) is 22.0 Å². The van der Waals surface area contributed by atoms with Gasteiger partial charge in [-0.2, -0.15) is 0 Å². The summed E-state index contributed by atoms with van der Waals surface area (Å²) in [4.78, 5) is 0. The van der Waals surface area contributed by atoms with Crippen LogP contribution in [0.4, 0.5) is 0 Å². The van der Waals surface area contributed by atoms with Gasteiger partial charge in [0.25, 0.3) is 0 Å². The Balaban J connectivity index is 1.85. The minimum absolute atomic E-state index is 0.386. The predicted molar refractivity (Wildman–Crippen MR) is 71.4 cm³/mol. The monoisotopic (exact) mass is 299 g/mol. The number of hydrogen-bond acceptors (Lipinski definition) is 3. The summed E-state index contributed by atoms with van der Waals surface area (Å²) in [6, 6.07) is 6.10. The quantitative estimate of drug-likeness (QED) is 0.907. The lowest BCUT2D eigenvalue weighted by Crippen LogP contribution is -2.25. The summed E-state index contributed by atoms with van der Waals surface area (Å²) in [7, 11) is 1.70. The summed E-state index contributed by atoms with van der Waals surface area (Å²) in [5.41, 5.74) is 1.17. The number of methoxy groups -OCH3 is 1. The third-order valence-corrected chi connectivity index (χ3v) is 3.45. The van der Waals surface area contributed by atoms with Gasteiger partial charge in [-0.25, -0.2) is 0 Å². The fourth-order valence-electron chi connectivity index (χ4n) is 2.04. The molecule has 1 atom stereocenters. The summed E-state index contributed by atoms with van der Waals surface area (Å²) in [5, 5.41) is 3.42. The molecule has 1 saturated heterocycles. The largest absolute Gasteiger partial charge is 0.496 e. The number of ether oxygens (including phenoxy) is 2. The van der Waals surface area contributed by atoms with Crippen LogP contribution in [0.2, 0.25) is 0 Å².